The lowest BCUT2D eigenvalue weighted by Crippen LogP contribution is -2.21. The van der Waals surface area contributed by atoms with Crippen LogP contribution in [0.5, 0.6) is 0 Å². The zero-order chi connectivity index (χ0) is 29.7. The summed E-state index contributed by atoms with van der Waals surface area (Å²) < 4.78 is 13.2. The van der Waals surface area contributed by atoms with Crippen molar-refractivity contribution >= 4 is 0 Å². The van der Waals surface area contributed by atoms with Gasteiger partial charge in [-0.2, -0.15) is 0 Å². The quantitative estimate of drug-likeness (QED) is 0.149. The average molecular weight is 561 g/mol. The second-order valence-corrected chi connectivity index (χ2v) is 14.0. The molecule has 7 heterocycles. The van der Waals surface area contributed by atoms with E-state index in [0.717, 1.165) is 68.6 Å². The van der Waals surface area contributed by atoms with E-state index in [1.165, 1.54) is 0 Å². The van der Waals surface area contributed by atoms with Crippen molar-refractivity contribution < 1.29 is 8.83 Å². The number of aromatic amines is 4. The topological polar surface area (TPSA) is 89.4 Å². The maximum atomic E-state index is 6.62. The highest BCUT2D eigenvalue weighted by Crippen LogP contribution is 2.41. The molecular weight excluding hydrogens is 520 g/mol. The molecule has 0 amide bonds. The van der Waals surface area contributed by atoms with E-state index >= 15 is 0 Å². The van der Waals surface area contributed by atoms with Gasteiger partial charge in [0.2, 0.25) is 0 Å². The molecule has 7 rings (SSSR count). The van der Waals surface area contributed by atoms with Gasteiger partial charge in [-0.1, -0.05) is 0 Å². The molecule has 0 unspecified atom stereocenters. The summed E-state index contributed by atoms with van der Waals surface area (Å²) in [4.78, 5) is 14.7. The van der Waals surface area contributed by atoms with Crippen molar-refractivity contribution in [2.75, 3.05) is 0 Å². The first-order valence-corrected chi connectivity index (χ1v) is 14.8. The molecule has 0 fully saturated rings. The molecule has 0 saturated heterocycles. The van der Waals surface area contributed by atoms with Crippen LogP contribution >= 0.6 is 0 Å². The third-order valence-corrected chi connectivity index (χ3v) is 9.69. The van der Waals surface area contributed by atoms with Crippen LogP contribution < -0.4 is 0 Å². The van der Waals surface area contributed by atoms with Crippen molar-refractivity contribution in [3.63, 3.8) is 0 Å². The summed E-state index contributed by atoms with van der Waals surface area (Å²) in [6.45, 7) is 17.6. The number of aromatic nitrogens is 4. The zero-order valence-electron chi connectivity index (χ0n) is 25.7. The Balaban J connectivity index is 1.39. The Bertz CT molecular complexity index is 1630. The summed E-state index contributed by atoms with van der Waals surface area (Å²) in [5.41, 5.74) is 7.13. The van der Waals surface area contributed by atoms with Gasteiger partial charge in [0.15, 0.2) is 0 Å². The summed E-state index contributed by atoms with van der Waals surface area (Å²) >= 11 is 0. The minimum atomic E-state index is -0.350. The summed E-state index contributed by atoms with van der Waals surface area (Å²) in [7, 11) is 0. The van der Waals surface area contributed by atoms with E-state index in [0.29, 0.717) is 0 Å². The summed E-state index contributed by atoms with van der Waals surface area (Å²) in [6.07, 6.45) is 0. The van der Waals surface area contributed by atoms with E-state index in [-0.39, 0.29) is 21.7 Å². The van der Waals surface area contributed by atoms with Crippen LogP contribution in [0.4, 0.5) is 0 Å². The van der Waals surface area contributed by atoms with E-state index in [2.05, 4.69) is 148 Å². The first kappa shape index (κ1) is 26.6. The fourth-order valence-corrected chi connectivity index (χ4v) is 6.22. The highest BCUT2D eigenvalue weighted by atomic mass is 16.3. The fraction of sp³-hybridized carbons (Fsp3) is 0.333. The maximum Gasteiger partial charge on any atom is 0.115 e. The minimum Gasteiger partial charge on any atom is -0.464 e. The van der Waals surface area contributed by atoms with Crippen LogP contribution in [0.2, 0.25) is 0 Å². The molecule has 1 aliphatic heterocycles. The van der Waals surface area contributed by atoms with Crippen molar-refractivity contribution in [2.45, 2.75) is 77.0 Å². The monoisotopic (exact) mass is 560 g/mol. The molecule has 0 spiro atoms. The molecule has 6 aromatic rings. The highest BCUT2D eigenvalue weighted by molar-refractivity contribution is 5.59. The molecule has 6 heteroatoms. The van der Waals surface area contributed by atoms with Crippen LogP contribution in [0, 0.1) is 0 Å². The Kier molecular flexibility index (Phi) is 5.44. The van der Waals surface area contributed by atoms with Gasteiger partial charge in [-0.3, -0.25) is 0 Å². The second kappa shape index (κ2) is 8.60. The van der Waals surface area contributed by atoms with Gasteiger partial charge in [0, 0.05) is 22.8 Å². The third-order valence-electron chi connectivity index (χ3n) is 9.69. The van der Waals surface area contributed by atoms with E-state index in [9.17, 15) is 0 Å². The van der Waals surface area contributed by atoms with Gasteiger partial charge in [0.05, 0.1) is 44.4 Å². The molecule has 12 bridgehead atoms. The lowest BCUT2D eigenvalue weighted by Gasteiger charge is -2.24. The molecular formula is C36H40N4O2. The molecule has 216 valence electrons. The normalized spacial score (nSPS) is 18.3. The van der Waals surface area contributed by atoms with Gasteiger partial charge in [-0.05, 0) is 128 Å². The van der Waals surface area contributed by atoms with Crippen molar-refractivity contribution in [3.05, 3.63) is 119 Å². The Hall–Kier alpha value is -4.32. The van der Waals surface area contributed by atoms with E-state index in [4.69, 9.17) is 8.83 Å². The summed E-state index contributed by atoms with van der Waals surface area (Å²) in [5, 5.41) is 0. The van der Waals surface area contributed by atoms with Gasteiger partial charge in [0.1, 0.15) is 23.0 Å². The average Bonchev–Trinajstić information content (AvgIpc) is 3.80. The predicted molar refractivity (Wildman–Crippen MR) is 167 cm³/mol. The van der Waals surface area contributed by atoms with Crippen LogP contribution in [-0.2, 0) is 21.7 Å². The lowest BCUT2D eigenvalue weighted by atomic mass is 9.86. The molecule has 0 saturated carbocycles. The number of nitrogens with one attached hydrogen (secondary N) is 4. The standard InChI is InChI=1S/C36H40N4O2/c1-33(2)25-13-9-21(37-25)22-10-14-27(38-22)35(5,6)31-19-20-32(42-31)36(7,8)28-16-12-24(40-28)23-11-15-26(39-23)34(3,4)30-18-17-29(33)41-30/h9-20,37-40H,1-8H3. The fourth-order valence-electron chi connectivity index (χ4n) is 6.22. The first-order valence-electron chi connectivity index (χ1n) is 14.8. The Morgan fingerprint density at radius 2 is 0.548 bits per heavy atom. The molecule has 0 radical (unpaired) electrons. The third kappa shape index (κ3) is 3.84. The summed E-state index contributed by atoms with van der Waals surface area (Å²) in [5.74, 6) is 3.69. The van der Waals surface area contributed by atoms with Gasteiger partial charge < -0.3 is 28.8 Å². The number of H-pyrrole nitrogens is 4. The van der Waals surface area contributed by atoms with E-state index in [1.54, 1.807) is 0 Å². The zero-order valence-corrected chi connectivity index (χ0v) is 25.7. The van der Waals surface area contributed by atoms with E-state index in [1.807, 2.05) is 0 Å². The predicted octanol–water partition coefficient (Wildman–Crippen LogP) is 9.14. The minimum absolute atomic E-state index is 0.350. The van der Waals surface area contributed by atoms with Crippen LogP contribution in [0.3, 0.4) is 0 Å². The lowest BCUT2D eigenvalue weighted by molar-refractivity contribution is 0.359. The number of hydrogen-bond acceptors (Lipinski definition) is 2. The van der Waals surface area contributed by atoms with Gasteiger partial charge in [-0.15, -0.1) is 0 Å². The van der Waals surface area contributed by atoms with Crippen molar-refractivity contribution in [2.24, 2.45) is 0 Å². The van der Waals surface area contributed by atoms with Crippen LogP contribution in [0.25, 0.3) is 22.8 Å². The number of rotatable bonds is 0. The highest BCUT2D eigenvalue weighted by Gasteiger charge is 2.36. The van der Waals surface area contributed by atoms with Gasteiger partial charge >= 0.3 is 0 Å². The van der Waals surface area contributed by atoms with Crippen molar-refractivity contribution in [3.8, 4) is 22.8 Å². The Morgan fingerprint density at radius 1 is 0.333 bits per heavy atom. The smallest absolute Gasteiger partial charge is 0.115 e. The number of furan rings is 2. The van der Waals surface area contributed by atoms with Crippen molar-refractivity contribution in [1.29, 1.82) is 0 Å². The van der Waals surface area contributed by atoms with Crippen LogP contribution in [0.15, 0.2) is 81.6 Å². The van der Waals surface area contributed by atoms with Crippen LogP contribution in [0.1, 0.15) is 101 Å². The number of hydrogen-bond donors (Lipinski definition) is 4. The van der Waals surface area contributed by atoms with Crippen molar-refractivity contribution in [1.82, 2.24) is 19.9 Å². The van der Waals surface area contributed by atoms with E-state index < -0.39 is 0 Å². The summed E-state index contributed by atoms with van der Waals surface area (Å²) in [6, 6.07) is 25.7. The second-order valence-electron chi connectivity index (χ2n) is 14.0. The molecule has 1 aliphatic rings. The van der Waals surface area contributed by atoms with Gasteiger partial charge in [0.25, 0.3) is 0 Å². The first-order chi connectivity index (χ1) is 19.8. The molecule has 6 nitrogen and oxygen atoms in total. The Morgan fingerprint density at radius 3 is 0.762 bits per heavy atom. The molecule has 42 heavy (non-hydrogen) atoms. The largest absolute Gasteiger partial charge is 0.464 e. The molecule has 4 N–H and O–H groups in total. The molecule has 0 atom stereocenters. The van der Waals surface area contributed by atoms with Crippen LogP contribution in [-0.4, -0.2) is 19.9 Å². The maximum absolute atomic E-state index is 6.62. The SMILES string of the molecule is CC1(C)c2ccc([nH]2)-c2ccc([nH]2)C(C)(C)c2ccc(o2)C(C)(C)c2ccc([nH]2)-c2ccc([nH]2)C(C)(C)c2ccc1o2. The number of fused-ring (bicyclic) bond motifs is 14. The molecule has 0 aromatic carbocycles. The molecule has 0 aliphatic carbocycles. The molecule has 6 aromatic heterocycles. The van der Waals surface area contributed by atoms with Gasteiger partial charge in [-0.25, -0.2) is 0 Å². The Labute approximate surface area is 247 Å².